The minimum Gasteiger partial charge on any atom is -0.504 e. The summed E-state index contributed by atoms with van der Waals surface area (Å²) in [7, 11) is 1.96. The number of aliphatic carboxylic acids is 2. The van der Waals surface area contributed by atoms with E-state index in [0.29, 0.717) is 19.4 Å². The quantitative estimate of drug-likeness (QED) is 0.284. The zero-order valence-corrected chi connectivity index (χ0v) is 22.3. The predicted molar refractivity (Wildman–Crippen MR) is 130 cm³/mol. The number of carboxylic acids is 2. The van der Waals surface area contributed by atoms with Gasteiger partial charge in [0, 0.05) is 18.0 Å². The molecule has 1 spiro atoms. The van der Waals surface area contributed by atoms with Crippen LogP contribution < -0.4 is 4.74 Å². The molecule has 1 aromatic rings. The van der Waals surface area contributed by atoms with Crippen LogP contribution in [0.4, 0.5) is 13.2 Å². The fraction of sp³-hybridized carbons (Fsp3) is 0.538. The van der Waals surface area contributed by atoms with Gasteiger partial charge in [-0.1, -0.05) is 6.07 Å². The summed E-state index contributed by atoms with van der Waals surface area (Å²) in [5.41, 5.74) is -0.463. The highest BCUT2D eigenvalue weighted by Gasteiger charge is 2.72. The van der Waals surface area contributed by atoms with E-state index in [1.807, 2.05) is 13.1 Å². The van der Waals surface area contributed by atoms with Crippen molar-refractivity contribution in [1.29, 1.82) is 0 Å². The van der Waals surface area contributed by atoms with Crippen LogP contribution in [0.15, 0.2) is 24.0 Å². The van der Waals surface area contributed by atoms with Gasteiger partial charge in [0.1, 0.15) is 5.76 Å². The highest BCUT2D eigenvalue weighted by molar-refractivity contribution is 5.84. The molecule has 2 aliphatic heterocycles. The summed E-state index contributed by atoms with van der Waals surface area (Å²) in [6, 6.07) is 3.18. The number of halogens is 3. The van der Waals surface area contributed by atoms with Crippen molar-refractivity contribution in [3.8, 4) is 11.5 Å². The molecule has 0 saturated carbocycles. The average molecular weight is 603 g/mol. The maximum absolute atomic E-state index is 12.6. The SMILES string of the molecule is C[C@H](OC(=O)[C@@H](O)CC(=O)OC1=CC[C@@]2(O)[C@H]3Cc4ccc(O)c5c4[C@@]2(CCN3C)[C@H]1O5)C(=O)O.O=C(O)C(F)(F)F. The van der Waals surface area contributed by atoms with Gasteiger partial charge >= 0.3 is 30.1 Å². The van der Waals surface area contributed by atoms with E-state index < -0.39 is 65.8 Å². The van der Waals surface area contributed by atoms with Crippen LogP contribution in [0.1, 0.15) is 37.3 Å². The summed E-state index contributed by atoms with van der Waals surface area (Å²) in [4.78, 5) is 46.4. The van der Waals surface area contributed by atoms with Crippen LogP contribution in [-0.2, 0) is 40.5 Å². The van der Waals surface area contributed by atoms with Crippen LogP contribution in [0.3, 0.4) is 0 Å². The molecular weight excluding hydrogens is 575 g/mol. The molecule has 6 atom stereocenters. The molecule has 1 aromatic carbocycles. The largest absolute Gasteiger partial charge is 0.504 e. The number of nitrogens with zero attached hydrogens (tertiary/aromatic N) is 1. The van der Waals surface area contributed by atoms with Gasteiger partial charge in [-0.05, 0) is 51.1 Å². The molecule has 2 bridgehead atoms. The minimum absolute atomic E-state index is 0.0661. The number of ether oxygens (including phenoxy) is 3. The highest BCUT2D eigenvalue weighted by atomic mass is 19.4. The summed E-state index contributed by atoms with van der Waals surface area (Å²) in [5.74, 6) is -6.02. The Hall–Kier alpha value is -3.89. The number of piperidine rings is 1. The normalized spacial score (nSPS) is 28.5. The van der Waals surface area contributed by atoms with E-state index in [0.717, 1.165) is 18.1 Å². The summed E-state index contributed by atoms with van der Waals surface area (Å²) in [5, 5.41) is 48.5. The van der Waals surface area contributed by atoms with Crippen molar-refractivity contribution in [2.45, 2.75) is 74.2 Å². The Morgan fingerprint density at radius 2 is 1.86 bits per heavy atom. The lowest BCUT2D eigenvalue weighted by atomic mass is 9.50. The maximum atomic E-state index is 12.6. The molecule has 4 aliphatic rings. The number of likely N-dealkylation sites (N-methyl/N-ethyl adjacent to an activating group) is 1. The number of carbonyl (C=O) groups excluding carboxylic acids is 2. The Bertz CT molecular complexity index is 1350. The van der Waals surface area contributed by atoms with E-state index in [4.69, 9.17) is 24.5 Å². The Morgan fingerprint density at radius 3 is 2.45 bits per heavy atom. The first-order valence-electron chi connectivity index (χ1n) is 12.7. The molecule has 0 unspecified atom stereocenters. The summed E-state index contributed by atoms with van der Waals surface area (Å²) >= 11 is 0. The second-order valence-electron chi connectivity index (χ2n) is 10.5. The third kappa shape index (κ3) is 5.03. The van der Waals surface area contributed by atoms with Gasteiger partial charge in [0.25, 0.3) is 0 Å². The van der Waals surface area contributed by atoms with Crippen LogP contribution in [0.2, 0.25) is 0 Å². The van der Waals surface area contributed by atoms with E-state index in [1.165, 1.54) is 0 Å². The Labute approximate surface area is 235 Å². The number of aromatic hydroxyl groups is 1. The second kappa shape index (κ2) is 10.7. The molecule has 0 amide bonds. The van der Waals surface area contributed by atoms with Crippen molar-refractivity contribution in [3.05, 3.63) is 35.1 Å². The number of esters is 2. The monoisotopic (exact) mass is 603 g/mol. The van der Waals surface area contributed by atoms with Crippen LogP contribution in [-0.4, -0.2) is 104 Å². The van der Waals surface area contributed by atoms with Crippen LogP contribution in [0.5, 0.6) is 11.5 Å². The lowest BCUT2D eigenvalue weighted by molar-refractivity contribution is -0.192. The lowest BCUT2D eigenvalue weighted by Gasteiger charge is -2.61. The molecule has 0 aromatic heterocycles. The number of aliphatic hydroxyl groups is 2. The third-order valence-corrected chi connectivity index (χ3v) is 8.10. The van der Waals surface area contributed by atoms with Gasteiger partial charge in [-0.25, -0.2) is 14.4 Å². The van der Waals surface area contributed by atoms with E-state index in [-0.39, 0.29) is 29.7 Å². The standard InChI is InChI=1S/C24H27NO10.C2HF3O2/c1-11(21(29)30)33-22(31)14(27)10-17(28)34-15-5-6-24(32)16-9-12-3-4-13(26)19-18(12)23(24,20(15)35-19)7-8-25(16)2;3-2(4,5)1(6)7/h3-5,11,14,16,20,26-27,32H,6-10H2,1-2H3,(H,29,30);(H,6,7)/t11-,14-,16+,20-,23-,24+;/m0./s1. The number of hydrogen-bond acceptors (Lipinski definition) is 11. The zero-order valence-electron chi connectivity index (χ0n) is 22.3. The number of phenolic OH excluding ortho intramolecular Hbond substituents is 1. The fourth-order valence-electron chi connectivity index (χ4n) is 6.15. The van der Waals surface area contributed by atoms with Crippen molar-refractivity contribution in [2.24, 2.45) is 0 Å². The van der Waals surface area contributed by atoms with E-state index in [2.05, 4.69) is 9.64 Å². The van der Waals surface area contributed by atoms with Crippen molar-refractivity contribution in [3.63, 3.8) is 0 Å². The molecule has 1 fully saturated rings. The Kier molecular flexibility index (Phi) is 7.94. The summed E-state index contributed by atoms with van der Waals surface area (Å²) < 4.78 is 48.0. The average Bonchev–Trinajstić information content (AvgIpc) is 3.25. The van der Waals surface area contributed by atoms with Gasteiger partial charge < -0.3 is 44.6 Å². The Morgan fingerprint density at radius 1 is 1.21 bits per heavy atom. The second-order valence-corrected chi connectivity index (χ2v) is 10.5. The van der Waals surface area contributed by atoms with Gasteiger partial charge in [-0.2, -0.15) is 13.2 Å². The first-order valence-corrected chi connectivity index (χ1v) is 12.7. The molecule has 0 radical (unpaired) electrons. The van der Waals surface area contributed by atoms with Gasteiger partial charge in [0.2, 0.25) is 0 Å². The number of phenols is 1. The molecule has 2 heterocycles. The van der Waals surface area contributed by atoms with E-state index in [9.17, 15) is 42.9 Å². The smallest absolute Gasteiger partial charge is 0.490 e. The summed E-state index contributed by atoms with van der Waals surface area (Å²) in [6.45, 7) is 1.78. The number of alkyl halides is 3. The molecular formula is C26H28F3NO12. The van der Waals surface area contributed by atoms with Gasteiger partial charge in [0.05, 0.1) is 17.4 Å². The van der Waals surface area contributed by atoms with Crippen molar-refractivity contribution in [2.75, 3.05) is 13.6 Å². The summed E-state index contributed by atoms with van der Waals surface area (Å²) in [6.07, 6.45) is -7.29. The van der Waals surface area contributed by atoms with Gasteiger partial charge in [-0.3, -0.25) is 4.79 Å². The molecule has 1 saturated heterocycles. The van der Waals surface area contributed by atoms with Crippen molar-refractivity contribution >= 4 is 23.9 Å². The van der Waals surface area contributed by atoms with Crippen molar-refractivity contribution in [1.82, 2.24) is 4.90 Å². The zero-order chi connectivity index (χ0) is 31.4. The molecule has 13 nitrogen and oxygen atoms in total. The fourth-order valence-corrected chi connectivity index (χ4v) is 6.15. The first kappa shape index (κ1) is 31.1. The van der Waals surface area contributed by atoms with Gasteiger partial charge in [-0.15, -0.1) is 0 Å². The van der Waals surface area contributed by atoms with Crippen molar-refractivity contribution < 1.29 is 72.1 Å². The maximum Gasteiger partial charge on any atom is 0.490 e. The molecule has 42 heavy (non-hydrogen) atoms. The lowest BCUT2D eigenvalue weighted by Crippen LogP contribution is -2.74. The number of likely N-dealkylation sites (tertiary alicyclic amines) is 1. The number of aliphatic hydroxyl groups excluding tert-OH is 1. The first-order chi connectivity index (χ1) is 19.4. The minimum atomic E-state index is -5.08. The third-order valence-electron chi connectivity index (χ3n) is 8.10. The number of carboxylic acid groups (broad SMARTS) is 2. The molecule has 5 rings (SSSR count). The number of carbonyl (C=O) groups is 4. The molecule has 5 N–H and O–H groups in total. The molecule has 2 aliphatic carbocycles. The van der Waals surface area contributed by atoms with E-state index in [1.54, 1.807) is 12.1 Å². The number of rotatable bonds is 6. The van der Waals surface area contributed by atoms with E-state index >= 15 is 0 Å². The predicted octanol–water partition coefficient (Wildman–Crippen LogP) is 0.614. The highest BCUT2D eigenvalue weighted by Crippen LogP contribution is 2.65. The number of hydrogen-bond donors (Lipinski definition) is 5. The Balaban J connectivity index is 0.000000517. The van der Waals surface area contributed by atoms with Crippen LogP contribution >= 0.6 is 0 Å². The number of benzene rings is 1. The van der Waals surface area contributed by atoms with Crippen LogP contribution in [0, 0.1) is 0 Å². The van der Waals surface area contributed by atoms with Crippen LogP contribution in [0.25, 0.3) is 0 Å². The molecule has 230 valence electrons. The topological polar surface area (TPSA) is 200 Å². The van der Waals surface area contributed by atoms with Gasteiger partial charge in [0.15, 0.2) is 29.8 Å². The molecule has 16 heteroatoms.